The Morgan fingerprint density at radius 1 is 1.38 bits per heavy atom. The lowest BCUT2D eigenvalue weighted by molar-refractivity contribution is 0.0229. The summed E-state index contributed by atoms with van der Waals surface area (Å²) in [7, 11) is 0. The molecule has 2 unspecified atom stereocenters. The van der Waals surface area contributed by atoms with Gasteiger partial charge in [0.15, 0.2) is 0 Å². The molecule has 1 aliphatic carbocycles. The van der Waals surface area contributed by atoms with E-state index in [0.29, 0.717) is 6.04 Å². The molecule has 5 heteroatoms. The van der Waals surface area contributed by atoms with Gasteiger partial charge in [0.1, 0.15) is 12.2 Å². The fraction of sp³-hybridized carbons (Fsp3) is 0.875. The predicted molar refractivity (Wildman–Crippen MR) is 83.9 cm³/mol. The molecule has 2 heterocycles. The molecule has 0 spiro atoms. The van der Waals surface area contributed by atoms with Crippen LogP contribution in [0, 0.1) is 5.92 Å². The lowest BCUT2D eigenvalue weighted by Crippen LogP contribution is -2.64. The molecule has 21 heavy (non-hydrogen) atoms. The number of rotatable bonds is 6. The highest BCUT2D eigenvalue weighted by atomic mass is 15.4. The second-order valence-electron chi connectivity index (χ2n) is 6.87. The summed E-state index contributed by atoms with van der Waals surface area (Å²) >= 11 is 0. The Hall–Kier alpha value is -0.940. The lowest BCUT2D eigenvalue weighted by Gasteiger charge is -2.48. The Bertz CT molecular complexity index is 467. The summed E-state index contributed by atoms with van der Waals surface area (Å²) in [5, 5.41) is 8.11. The summed E-state index contributed by atoms with van der Waals surface area (Å²) < 4.78 is 2.03. The zero-order chi connectivity index (χ0) is 14.9. The minimum atomic E-state index is 0.286. The van der Waals surface area contributed by atoms with Gasteiger partial charge >= 0.3 is 0 Å². The molecule has 1 aromatic rings. The van der Waals surface area contributed by atoms with E-state index in [1.807, 2.05) is 4.68 Å². The number of hydrogen-bond acceptors (Lipinski definition) is 4. The molecule has 0 amide bonds. The molecule has 1 saturated heterocycles. The molecule has 1 N–H and O–H groups in total. The van der Waals surface area contributed by atoms with Gasteiger partial charge in [0.05, 0.1) is 6.54 Å². The average molecular weight is 291 g/mol. The Balaban J connectivity index is 1.76. The third kappa shape index (κ3) is 2.99. The monoisotopic (exact) mass is 291 g/mol. The summed E-state index contributed by atoms with van der Waals surface area (Å²) in [6, 6.07) is 0.625. The SMILES string of the molecule is CCCC1CN(Cc2ncnn2CC)C(C)(C2CC2)CN1. The van der Waals surface area contributed by atoms with Crippen molar-refractivity contribution in [1.82, 2.24) is 25.0 Å². The third-order valence-corrected chi connectivity index (χ3v) is 5.33. The van der Waals surface area contributed by atoms with Crippen LogP contribution in [-0.4, -0.2) is 44.3 Å². The molecule has 0 radical (unpaired) electrons. The zero-order valence-corrected chi connectivity index (χ0v) is 13.7. The van der Waals surface area contributed by atoms with E-state index in [4.69, 9.17) is 0 Å². The van der Waals surface area contributed by atoms with E-state index in [2.05, 4.69) is 41.1 Å². The Morgan fingerprint density at radius 2 is 2.19 bits per heavy atom. The fourth-order valence-electron chi connectivity index (χ4n) is 3.74. The van der Waals surface area contributed by atoms with Crippen LogP contribution in [0.3, 0.4) is 0 Å². The number of piperazine rings is 1. The quantitative estimate of drug-likeness (QED) is 0.871. The first-order chi connectivity index (χ1) is 10.2. The number of nitrogens with zero attached hydrogens (tertiary/aromatic N) is 4. The Morgan fingerprint density at radius 3 is 2.86 bits per heavy atom. The Labute approximate surface area is 128 Å². The van der Waals surface area contributed by atoms with E-state index >= 15 is 0 Å². The van der Waals surface area contributed by atoms with Crippen LogP contribution in [0.4, 0.5) is 0 Å². The van der Waals surface area contributed by atoms with Gasteiger partial charge in [-0.1, -0.05) is 13.3 Å². The summed E-state index contributed by atoms with van der Waals surface area (Å²) in [5.74, 6) is 1.96. The number of aryl methyl sites for hydroxylation is 1. The van der Waals surface area contributed by atoms with Crippen molar-refractivity contribution in [1.29, 1.82) is 0 Å². The first kappa shape index (κ1) is 15.0. The number of nitrogens with one attached hydrogen (secondary N) is 1. The average Bonchev–Trinajstić information content (AvgIpc) is 3.24. The van der Waals surface area contributed by atoms with Gasteiger partial charge in [-0.15, -0.1) is 0 Å². The van der Waals surface area contributed by atoms with Crippen LogP contribution in [0.2, 0.25) is 0 Å². The van der Waals surface area contributed by atoms with Gasteiger partial charge in [-0.3, -0.25) is 4.90 Å². The van der Waals surface area contributed by atoms with Gasteiger partial charge in [-0.2, -0.15) is 5.10 Å². The van der Waals surface area contributed by atoms with Crippen LogP contribution in [0.5, 0.6) is 0 Å². The van der Waals surface area contributed by atoms with Gasteiger partial charge in [0.2, 0.25) is 0 Å². The molecule has 118 valence electrons. The van der Waals surface area contributed by atoms with Crippen molar-refractivity contribution in [3.05, 3.63) is 12.2 Å². The Kier molecular flexibility index (Phi) is 4.31. The summed E-state index contributed by atoms with van der Waals surface area (Å²) in [4.78, 5) is 7.17. The lowest BCUT2D eigenvalue weighted by atomic mass is 9.88. The van der Waals surface area contributed by atoms with Crippen molar-refractivity contribution >= 4 is 0 Å². The van der Waals surface area contributed by atoms with Crippen LogP contribution in [0.25, 0.3) is 0 Å². The van der Waals surface area contributed by atoms with Crippen molar-refractivity contribution in [2.75, 3.05) is 13.1 Å². The highest BCUT2D eigenvalue weighted by Crippen LogP contribution is 2.44. The van der Waals surface area contributed by atoms with Crippen molar-refractivity contribution in [2.45, 2.75) is 71.1 Å². The molecule has 3 rings (SSSR count). The van der Waals surface area contributed by atoms with Crippen molar-refractivity contribution in [3.8, 4) is 0 Å². The number of aromatic nitrogens is 3. The topological polar surface area (TPSA) is 46.0 Å². The maximum Gasteiger partial charge on any atom is 0.141 e. The standard InChI is InChI=1S/C16H29N5/c1-4-6-14-9-20(10-15-18-12-19-21(15)5-2)16(3,11-17-14)13-7-8-13/h12-14,17H,4-11H2,1-3H3. The van der Waals surface area contributed by atoms with Gasteiger partial charge in [-0.25, -0.2) is 9.67 Å². The molecular formula is C16H29N5. The first-order valence-electron chi connectivity index (χ1n) is 8.52. The van der Waals surface area contributed by atoms with E-state index < -0.39 is 0 Å². The molecule has 2 fully saturated rings. The van der Waals surface area contributed by atoms with E-state index in [-0.39, 0.29) is 5.54 Å². The highest BCUT2D eigenvalue weighted by molar-refractivity contribution is 5.06. The molecule has 1 aliphatic heterocycles. The highest BCUT2D eigenvalue weighted by Gasteiger charge is 2.48. The molecular weight excluding hydrogens is 262 g/mol. The molecule has 1 aromatic heterocycles. The second-order valence-corrected chi connectivity index (χ2v) is 6.87. The molecule has 2 atom stereocenters. The van der Waals surface area contributed by atoms with Crippen molar-refractivity contribution in [2.24, 2.45) is 5.92 Å². The van der Waals surface area contributed by atoms with Crippen LogP contribution in [-0.2, 0) is 13.1 Å². The van der Waals surface area contributed by atoms with E-state index in [1.165, 1.54) is 25.7 Å². The summed E-state index contributed by atoms with van der Waals surface area (Å²) in [5.41, 5.74) is 0.286. The fourth-order valence-corrected chi connectivity index (χ4v) is 3.74. The minimum absolute atomic E-state index is 0.286. The summed E-state index contributed by atoms with van der Waals surface area (Å²) in [6.07, 6.45) is 6.97. The maximum atomic E-state index is 4.49. The smallest absolute Gasteiger partial charge is 0.141 e. The van der Waals surface area contributed by atoms with E-state index in [9.17, 15) is 0 Å². The second kappa shape index (κ2) is 6.05. The molecule has 2 aliphatic rings. The minimum Gasteiger partial charge on any atom is -0.311 e. The maximum absolute atomic E-state index is 4.49. The molecule has 0 aromatic carbocycles. The molecule has 1 saturated carbocycles. The van der Waals surface area contributed by atoms with Crippen LogP contribution >= 0.6 is 0 Å². The van der Waals surface area contributed by atoms with Gasteiger partial charge in [0, 0.05) is 31.2 Å². The predicted octanol–water partition coefficient (Wildman–Crippen LogP) is 2.04. The van der Waals surface area contributed by atoms with E-state index in [0.717, 1.165) is 37.9 Å². The van der Waals surface area contributed by atoms with Gasteiger partial charge in [0.25, 0.3) is 0 Å². The van der Waals surface area contributed by atoms with Gasteiger partial charge in [-0.05, 0) is 39.0 Å². The van der Waals surface area contributed by atoms with Crippen molar-refractivity contribution in [3.63, 3.8) is 0 Å². The first-order valence-corrected chi connectivity index (χ1v) is 8.52. The van der Waals surface area contributed by atoms with E-state index in [1.54, 1.807) is 6.33 Å². The van der Waals surface area contributed by atoms with Crippen LogP contribution in [0.15, 0.2) is 6.33 Å². The largest absolute Gasteiger partial charge is 0.311 e. The van der Waals surface area contributed by atoms with Gasteiger partial charge < -0.3 is 5.32 Å². The van der Waals surface area contributed by atoms with Crippen LogP contribution in [0.1, 0.15) is 52.3 Å². The normalized spacial score (nSPS) is 30.7. The zero-order valence-electron chi connectivity index (χ0n) is 13.7. The molecule has 5 nitrogen and oxygen atoms in total. The summed E-state index contributed by atoms with van der Waals surface area (Å²) in [6.45, 7) is 10.9. The van der Waals surface area contributed by atoms with Crippen molar-refractivity contribution < 1.29 is 0 Å². The number of hydrogen-bond donors (Lipinski definition) is 1. The molecule has 0 bridgehead atoms. The van der Waals surface area contributed by atoms with Crippen LogP contribution < -0.4 is 5.32 Å². The third-order valence-electron chi connectivity index (χ3n) is 5.33.